The molecule has 0 spiro atoms. The van der Waals surface area contributed by atoms with Gasteiger partial charge in [-0.1, -0.05) is 12.1 Å². The summed E-state index contributed by atoms with van der Waals surface area (Å²) in [6.07, 6.45) is 0. The second-order valence-corrected chi connectivity index (χ2v) is 5.73. The minimum absolute atomic E-state index is 0.159. The summed E-state index contributed by atoms with van der Waals surface area (Å²) >= 11 is 0. The maximum atomic E-state index is 12.9. The van der Waals surface area contributed by atoms with Gasteiger partial charge in [0.25, 0.3) is 11.5 Å². The molecule has 2 aromatic rings. The van der Waals surface area contributed by atoms with Gasteiger partial charge in [0.15, 0.2) is 0 Å². The molecule has 2 heterocycles. The minimum Gasteiger partial charge on any atom is -0.330 e. The molecule has 0 atom stereocenters. The molecular formula is C17H16N4O2. The Morgan fingerprint density at radius 1 is 1.30 bits per heavy atom. The Kier molecular flexibility index (Phi) is 3.49. The first-order valence-electron chi connectivity index (χ1n) is 7.28. The molecule has 1 amide bonds. The van der Waals surface area contributed by atoms with Gasteiger partial charge in [0, 0.05) is 20.1 Å². The van der Waals surface area contributed by atoms with Gasteiger partial charge >= 0.3 is 0 Å². The van der Waals surface area contributed by atoms with E-state index in [4.69, 9.17) is 0 Å². The van der Waals surface area contributed by atoms with Gasteiger partial charge in [-0.25, -0.2) is 4.68 Å². The lowest BCUT2D eigenvalue weighted by Gasteiger charge is -2.17. The number of benzene rings is 1. The Bertz CT molecular complexity index is 921. The summed E-state index contributed by atoms with van der Waals surface area (Å²) in [7, 11) is 1.54. The van der Waals surface area contributed by atoms with Crippen LogP contribution in [0.25, 0.3) is 0 Å². The number of fused-ring (bicyclic) bond motifs is 1. The van der Waals surface area contributed by atoms with Gasteiger partial charge < -0.3 is 4.90 Å². The highest BCUT2D eigenvalue weighted by molar-refractivity contribution is 5.95. The Balaban J connectivity index is 2.02. The van der Waals surface area contributed by atoms with Crippen molar-refractivity contribution in [3.63, 3.8) is 0 Å². The maximum Gasteiger partial charge on any atom is 0.279 e. The summed E-state index contributed by atoms with van der Waals surface area (Å²) in [5.74, 6) is -0.311. The van der Waals surface area contributed by atoms with E-state index < -0.39 is 5.56 Å². The molecule has 0 N–H and O–H groups in total. The van der Waals surface area contributed by atoms with Gasteiger partial charge in [-0.2, -0.15) is 10.4 Å². The molecule has 1 aliphatic rings. The third kappa shape index (κ3) is 2.30. The van der Waals surface area contributed by atoms with Crippen molar-refractivity contribution in [2.75, 3.05) is 0 Å². The summed E-state index contributed by atoms with van der Waals surface area (Å²) in [6, 6.07) is 7.62. The van der Waals surface area contributed by atoms with Crippen molar-refractivity contribution < 1.29 is 4.79 Å². The predicted octanol–water partition coefficient (Wildman–Crippen LogP) is 1.42. The van der Waals surface area contributed by atoms with Gasteiger partial charge in [0.05, 0.1) is 17.3 Å². The molecule has 3 rings (SSSR count). The first-order valence-corrected chi connectivity index (χ1v) is 7.28. The van der Waals surface area contributed by atoms with E-state index in [0.717, 1.165) is 11.1 Å². The number of nitriles is 1. The van der Waals surface area contributed by atoms with Gasteiger partial charge in [0.2, 0.25) is 0 Å². The van der Waals surface area contributed by atoms with Crippen LogP contribution >= 0.6 is 0 Å². The average molecular weight is 308 g/mol. The Morgan fingerprint density at radius 2 is 2.04 bits per heavy atom. The molecule has 0 radical (unpaired) electrons. The predicted molar refractivity (Wildman–Crippen MR) is 83.7 cm³/mol. The SMILES string of the molecule is Cc1nn(C)c(=O)c(C(=O)N2Cc3cccc(C#N)c3C2)c1C. The zero-order chi connectivity index (χ0) is 16.7. The van der Waals surface area contributed by atoms with Crippen molar-refractivity contribution in [2.24, 2.45) is 7.05 Å². The first-order chi connectivity index (χ1) is 10.9. The number of carbonyl (C=O) groups is 1. The molecule has 1 aromatic heterocycles. The maximum absolute atomic E-state index is 12.9. The highest BCUT2D eigenvalue weighted by Crippen LogP contribution is 2.27. The summed E-state index contributed by atoms with van der Waals surface area (Å²) in [6.45, 7) is 4.27. The third-order valence-electron chi connectivity index (χ3n) is 4.33. The molecule has 116 valence electrons. The van der Waals surface area contributed by atoms with Gasteiger partial charge in [0.1, 0.15) is 5.56 Å². The fourth-order valence-electron chi connectivity index (χ4n) is 2.93. The molecule has 0 unspecified atom stereocenters. The number of nitrogens with zero attached hydrogens (tertiary/aromatic N) is 4. The summed E-state index contributed by atoms with van der Waals surface area (Å²) in [4.78, 5) is 26.8. The molecular weight excluding hydrogens is 292 g/mol. The Hall–Kier alpha value is -2.94. The van der Waals surface area contributed by atoms with Crippen LogP contribution in [0.2, 0.25) is 0 Å². The van der Waals surface area contributed by atoms with Crippen LogP contribution in [0.4, 0.5) is 0 Å². The van der Waals surface area contributed by atoms with Crippen LogP contribution in [0.5, 0.6) is 0 Å². The second-order valence-electron chi connectivity index (χ2n) is 5.73. The van der Waals surface area contributed by atoms with Crippen molar-refractivity contribution in [3.8, 4) is 6.07 Å². The standard InChI is InChI=1S/C17H16N4O2/c1-10-11(2)19-20(3)16(22)15(10)17(23)21-8-13-6-4-5-12(7-18)14(13)9-21/h4-6H,8-9H2,1-3H3. The van der Waals surface area contributed by atoms with Crippen molar-refractivity contribution in [1.29, 1.82) is 5.26 Å². The molecule has 6 nitrogen and oxygen atoms in total. The van der Waals surface area contributed by atoms with Gasteiger partial charge in [-0.05, 0) is 36.6 Å². The molecule has 0 bridgehead atoms. The number of hydrogen-bond donors (Lipinski definition) is 0. The zero-order valence-electron chi connectivity index (χ0n) is 13.3. The van der Waals surface area contributed by atoms with Crippen LogP contribution in [0.1, 0.15) is 38.3 Å². The Morgan fingerprint density at radius 3 is 2.74 bits per heavy atom. The lowest BCUT2D eigenvalue weighted by atomic mass is 10.1. The second kappa shape index (κ2) is 5.36. The lowest BCUT2D eigenvalue weighted by molar-refractivity contribution is 0.0747. The summed E-state index contributed by atoms with van der Waals surface area (Å²) in [5, 5.41) is 13.3. The zero-order valence-corrected chi connectivity index (χ0v) is 13.3. The molecule has 0 saturated carbocycles. The van der Waals surface area contributed by atoms with E-state index in [1.807, 2.05) is 12.1 Å². The van der Waals surface area contributed by atoms with Crippen molar-refractivity contribution in [3.05, 3.63) is 62.1 Å². The molecule has 0 aliphatic carbocycles. The number of carbonyl (C=O) groups excluding carboxylic acids is 1. The molecule has 23 heavy (non-hydrogen) atoms. The average Bonchev–Trinajstić information content (AvgIpc) is 2.97. The van der Waals surface area contributed by atoms with Crippen LogP contribution in [-0.4, -0.2) is 20.6 Å². The lowest BCUT2D eigenvalue weighted by Crippen LogP contribution is -2.35. The number of aromatic nitrogens is 2. The van der Waals surface area contributed by atoms with Crippen molar-refractivity contribution in [1.82, 2.24) is 14.7 Å². The van der Waals surface area contributed by atoms with E-state index in [1.54, 1.807) is 24.8 Å². The van der Waals surface area contributed by atoms with Crippen LogP contribution < -0.4 is 5.56 Å². The fraction of sp³-hybridized carbons (Fsp3) is 0.294. The van der Waals surface area contributed by atoms with E-state index in [-0.39, 0.29) is 11.5 Å². The highest BCUT2D eigenvalue weighted by Gasteiger charge is 2.29. The third-order valence-corrected chi connectivity index (χ3v) is 4.33. The van der Waals surface area contributed by atoms with Crippen LogP contribution in [-0.2, 0) is 20.1 Å². The topological polar surface area (TPSA) is 79.0 Å². The number of amides is 1. The molecule has 0 saturated heterocycles. The number of aryl methyl sites for hydroxylation is 2. The van der Waals surface area contributed by atoms with E-state index in [9.17, 15) is 14.9 Å². The summed E-state index contributed by atoms with van der Waals surface area (Å²) in [5.41, 5.74) is 3.43. The van der Waals surface area contributed by atoms with Crippen LogP contribution in [0, 0.1) is 25.2 Å². The first kappa shape index (κ1) is 15.0. The molecule has 1 aromatic carbocycles. The molecule has 6 heteroatoms. The van der Waals surface area contributed by atoms with Crippen LogP contribution in [0.3, 0.4) is 0 Å². The highest BCUT2D eigenvalue weighted by atomic mass is 16.2. The largest absolute Gasteiger partial charge is 0.330 e. The summed E-state index contributed by atoms with van der Waals surface area (Å²) < 4.78 is 1.19. The molecule has 0 fully saturated rings. The number of rotatable bonds is 1. The van der Waals surface area contributed by atoms with Crippen LogP contribution in [0.15, 0.2) is 23.0 Å². The van der Waals surface area contributed by atoms with E-state index in [2.05, 4.69) is 11.2 Å². The minimum atomic E-state index is -0.394. The molecule has 1 aliphatic heterocycles. The Labute approximate surface area is 133 Å². The van der Waals surface area contributed by atoms with E-state index >= 15 is 0 Å². The van der Waals surface area contributed by atoms with Crippen molar-refractivity contribution in [2.45, 2.75) is 26.9 Å². The smallest absolute Gasteiger partial charge is 0.279 e. The quantitative estimate of drug-likeness (QED) is 0.798. The van der Waals surface area contributed by atoms with E-state index in [0.29, 0.717) is 29.9 Å². The number of hydrogen-bond acceptors (Lipinski definition) is 4. The van der Waals surface area contributed by atoms with Gasteiger partial charge in [-0.3, -0.25) is 9.59 Å². The van der Waals surface area contributed by atoms with Gasteiger partial charge in [-0.15, -0.1) is 0 Å². The monoisotopic (exact) mass is 308 g/mol. The fourth-order valence-corrected chi connectivity index (χ4v) is 2.93. The normalized spacial score (nSPS) is 12.9. The van der Waals surface area contributed by atoms with Crippen molar-refractivity contribution >= 4 is 5.91 Å². The van der Waals surface area contributed by atoms with E-state index in [1.165, 1.54) is 11.7 Å².